The van der Waals surface area contributed by atoms with Crippen molar-refractivity contribution in [2.45, 2.75) is 12.8 Å². The molecule has 14 heavy (non-hydrogen) atoms. The maximum atomic E-state index is 11.5. The fourth-order valence-electron chi connectivity index (χ4n) is 2.12. The number of rotatable bonds is 1. The molecule has 1 aromatic carbocycles. The third-order valence-electron chi connectivity index (χ3n) is 2.92. The number of likely N-dealkylation sites (tertiary alicyclic amines) is 1. The van der Waals surface area contributed by atoms with Crippen LogP contribution in [0.15, 0.2) is 30.3 Å². The fraction of sp³-hybridized carbons (Fsp3) is 0.364. The molecule has 3 heteroatoms. The van der Waals surface area contributed by atoms with Crippen LogP contribution >= 0.6 is 11.6 Å². The van der Waals surface area contributed by atoms with Crippen LogP contribution in [0.2, 0.25) is 0 Å². The predicted octanol–water partition coefficient (Wildman–Crippen LogP) is 3.15. The maximum Gasteiger partial charge on any atom is 0.416 e. The molecule has 0 bridgehead atoms. The summed E-state index contributed by atoms with van der Waals surface area (Å²) in [6, 6.07) is 9.81. The first-order valence-electron chi connectivity index (χ1n) is 4.88. The van der Waals surface area contributed by atoms with Gasteiger partial charge in [0.1, 0.15) is 5.69 Å². The average Bonchev–Trinajstić information content (AvgIpc) is 2.69. The van der Waals surface area contributed by atoms with E-state index in [1.807, 2.05) is 30.3 Å². The highest BCUT2D eigenvalue weighted by Crippen LogP contribution is 2.30. The van der Waals surface area contributed by atoms with E-state index in [9.17, 15) is 4.79 Å². The minimum Gasteiger partial charge on any atom is -0.214 e. The van der Waals surface area contributed by atoms with E-state index in [1.54, 1.807) is 0 Å². The highest BCUT2D eigenvalue weighted by atomic mass is 35.5. The first-order chi connectivity index (χ1) is 6.76. The van der Waals surface area contributed by atoms with E-state index < -0.39 is 0 Å². The quantitative estimate of drug-likeness (QED) is 0.395. The van der Waals surface area contributed by atoms with Crippen LogP contribution in [0.5, 0.6) is 0 Å². The lowest BCUT2D eigenvalue weighted by Gasteiger charge is -2.27. The molecular formula is C11H13ClNO+. The van der Waals surface area contributed by atoms with Gasteiger partial charge in [-0.05, 0) is 12.1 Å². The molecule has 0 unspecified atom stereocenters. The van der Waals surface area contributed by atoms with Crippen LogP contribution in [-0.2, 0) is 0 Å². The number of nitrogens with zero attached hydrogens (tertiary/aromatic N) is 1. The van der Waals surface area contributed by atoms with Gasteiger partial charge in [0.15, 0.2) is 0 Å². The van der Waals surface area contributed by atoms with E-state index in [0.717, 1.165) is 31.6 Å². The van der Waals surface area contributed by atoms with Crippen LogP contribution in [0.1, 0.15) is 12.8 Å². The lowest BCUT2D eigenvalue weighted by Crippen LogP contribution is -2.48. The molecule has 1 heterocycles. The zero-order chi connectivity index (χ0) is 10.0. The smallest absolute Gasteiger partial charge is 0.214 e. The van der Waals surface area contributed by atoms with Gasteiger partial charge in [-0.1, -0.05) is 18.2 Å². The summed E-state index contributed by atoms with van der Waals surface area (Å²) in [6.45, 7) is 1.68. The molecule has 0 spiro atoms. The van der Waals surface area contributed by atoms with Crippen molar-refractivity contribution in [3.63, 3.8) is 0 Å². The van der Waals surface area contributed by atoms with Gasteiger partial charge in [-0.2, -0.15) is 0 Å². The summed E-state index contributed by atoms with van der Waals surface area (Å²) in [4.78, 5) is 11.5. The maximum absolute atomic E-state index is 11.5. The van der Waals surface area contributed by atoms with Crippen LogP contribution in [0.4, 0.5) is 10.5 Å². The minimum atomic E-state index is -0.256. The monoisotopic (exact) mass is 210 g/mol. The van der Waals surface area contributed by atoms with Crippen LogP contribution < -0.4 is 4.48 Å². The molecular weight excluding hydrogens is 198 g/mol. The van der Waals surface area contributed by atoms with Crippen molar-refractivity contribution in [1.29, 1.82) is 0 Å². The molecule has 0 N–H and O–H groups in total. The number of halogens is 1. The Morgan fingerprint density at radius 2 is 1.71 bits per heavy atom. The Labute approximate surface area is 88.7 Å². The Morgan fingerprint density at radius 1 is 1.14 bits per heavy atom. The molecule has 0 radical (unpaired) electrons. The summed E-state index contributed by atoms with van der Waals surface area (Å²) in [6.07, 6.45) is 2.15. The first-order valence-corrected chi connectivity index (χ1v) is 5.26. The molecule has 1 aliphatic heterocycles. The van der Waals surface area contributed by atoms with Gasteiger partial charge in [-0.25, -0.2) is 9.28 Å². The van der Waals surface area contributed by atoms with Crippen molar-refractivity contribution in [2.24, 2.45) is 0 Å². The second kappa shape index (κ2) is 3.71. The van der Waals surface area contributed by atoms with Gasteiger partial charge in [0.2, 0.25) is 0 Å². The van der Waals surface area contributed by atoms with Gasteiger partial charge in [0, 0.05) is 24.4 Å². The number of carbonyl (C=O) groups is 1. The molecule has 2 rings (SSSR count). The van der Waals surface area contributed by atoms with Gasteiger partial charge >= 0.3 is 5.37 Å². The summed E-state index contributed by atoms with van der Waals surface area (Å²) in [5.74, 6) is 0. The molecule has 1 aromatic rings. The Kier molecular flexibility index (Phi) is 2.57. The lowest BCUT2D eigenvalue weighted by atomic mass is 10.2. The number of hydrogen-bond acceptors (Lipinski definition) is 1. The largest absolute Gasteiger partial charge is 0.416 e. The van der Waals surface area contributed by atoms with Gasteiger partial charge in [0.25, 0.3) is 0 Å². The molecule has 0 saturated carbocycles. The first kappa shape index (κ1) is 9.69. The van der Waals surface area contributed by atoms with Crippen molar-refractivity contribution >= 4 is 22.7 Å². The van der Waals surface area contributed by atoms with Crippen molar-refractivity contribution < 1.29 is 4.79 Å². The van der Waals surface area contributed by atoms with Crippen molar-refractivity contribution in [1.82, 2.24) is 4.48 Å². The molecule has 0 aromatic heterocycles. The topological polar surface area (TPSA) is 17.1 Å². The minimum absolute atomic E-state index is 0.256. The summed E-state index contributed by atoms with van der Waals surface area (Å²) < 4.78 is 0.322. The van der Waals surface area contributed by atoms with Crippen LogP contribution in [-0.4, -0.2) is 18.5 Å². The van der Waals surface area contributed by atoms with Crippen molar-refractivity contribution in [2.75, 3.05) is 13.1 Å². The van der Waals surface area contributed by atoms with E-state index in [0.29, 0.717) is 4.48 Å². The number of para-hydroxylation sites is 1. The molecule has 2 nitrogen and oxygen atoms in total. The van der Waals surface area contributed by atoms with Gasteiger partial charge in [-0.15, -0.1) is 0 Å². The van der Waals surface area contributed by atoms with Gasteiger partial charge in [0.05, 0.1) is 13.1 Å². The Bertz CT molecular complexity index is 330. The fourth-order valence-corrected chi connectivity index (χ4v) is 2.39. The third kappa shape index (κ3) is 1.45. The van der Waals surface area contributed by atoms with E-state index in [2.05, 4.69) is 0 Å². The number of quaternary nitrogens is 1. The molecule has 1 amide bonds. The Morgan fingerprint density at radius 3 is 2.21 bits per heavy atom. The van der Waals surface area contributed by atoms with Crippen LogP contribution in [0.3, 0.4) is 0 Å². The van der Waals surface area contributed by atoms with Gasteiger partial charge in [-0.3, -0.25) is 0 Å². The van der Waals surface area contributed by atoms with E-state index >= 15 is 0 Å². The Balaban J connectivity index is 2.42. The zero-order valence-corrected chi connectivity index (χ0v) is 8.70. The van der Waals surface area contributed by atoms with E-state index in [-0.39, 0.29) is 5.37 Å². The number of amides is 1. The summed E-state index contributed by atoms with van der Waals surface area (Å²) in [7, 11) is 0. The summed E-state index contributed by atoms with van der Waals surface area (Å²) in [5, 5.41) is -0.256. The molecule has 1 saturated heterocycles. The second-order valence-electron chi connectivity index (χ2n) is 3.71. The van der Waals surface area contributed by atoms with Crippen molar-refractivity contribution in [3.05, 3.63) is 30.3 Å². The standard InChI is InChI=1S/C11H13ClNO/c12-11(14)13(8-4-5-9-13)10-6-2-1-3-7-10/h1-3,6-7H,4-5,8-9H2/q+1. The van der Waals surface area contributed by atoms with Crippen LogP contribution in [0.25, 0.3) is 0 Å². The summed E-state index contributed by atoms with van der Waals surface area (Å²) >= 11 is 5.71. The highest BCUT2D eigenvalue weighted by Gasteiger charge is 2.40. The number of hydrogen-bond donors (Lipinski definition) is 0. The average molecular weight is 211 g/mol. The number of carbonyl (C=O) groups excluding carboxylic acids is 1. The summed E-state index contributed by atoms with van der Waals surface area (Å²) in [5.41, 5.74) is 1.02. The molecule has 0 atom stereocenters. The molecule has 0 aliphatic carbocycles. The number of benzene rings is 1. The van der Waals surface area contributed by atoms with Crippen molar-refractivity contribution in [3.8, 4) is 0 Å². The van der Waals surface area contributed by atoms with E-state index in [1.165, 1.54) is 0 Å². The third-order valence-corrected chi connectivity index (χ3v) is 3.24. The van der Waals surface area contributed by atoms with Crippen LogP contribution in [0, 0.1) is 0 Å². The second-order valence-corrected chi connectivity index (χ2v) is 4.03. The van der Waals surface area contributed by atoms with Gasteiger partial charge < -0.3 is 0 Å². The SMILES string of the molecule is O=C(Cl)[N+]1(c2ccccc2)CCCC1. The molecule has 74 valence electrons. The van der Waals surface area contributed by atoms with E-state index in [4.69, 9.17) is 11.6 Å². The Hall–Kier alpha value is -0.860. The highest BCUT2D eigenvalue weighted by molar-refractivity contribution is 6.64. The molecule has 1 aliphatic rings. The molecule has 1 fully saturated rings. The lowest BCUT2D eigenvalue weighted by molar-refractivity contribution is 0.232. The zero-order valence-electron chi connectivity index (χ0n) is 7.95. The predicted molar refractivity (Wildman–Crippen MR) is 58.5 cm³/mol. The normalized spacial score (nSPS) is 19.5.